The molecule has 3 rings (SSSR count). The van der Waals surface area contributed by atoms with Gasteiger partial charge in [0.2, 0.25) is 0 Å². The summed E-state index contributed by atoms with van der Waals surface area (Å²) in [5.41, 5.74) is 5.01. The van der Waals surface area contributed by atoms with Crippen molar-refractivity contribution in [1.82, 2.24) is 15.6 Å². The number of nitrogens with zero attached hydrogens (tertiary/aromatic N) is 2. The minimum absolute atomic E-state index is 0.549. The highest BCUT2D eigenvalue weighted by Gasteiger charge is 2.08. The first-order chi connectivity index (χ1) is 14.1. The van der Waals surface area contributed by atoms with Gasteiger partial charge in [0.15, 0.2) is 5.11 Å². The number of anilines is 1. The summed E-state index contributed by atoms with van der Waals surface area (Å²) in [5.74, 6) is 0.606. The number of hydrogen-bond donors (Lipinski definition) is 3. The molecule has 0 unspecified atom stereocenters. The van der Waals surface area contributed by atoms with Gasteiger partial charge >= 0.3 is 0 Å². The zero-order valence-corrected chi connectivity index (χ0v) is 17.6. The van der Waals surface area contributed by atoms with Crippen LogP contribution in [0.25, 0.3) is 10.9 Å². The molecule has 6 heteroatoms. The maximum atomic E-state index is 9.48. The highest BCUT2D eigenvalue weighted by atomic mass is 32.1. The Morgan fingerprint density at radius 1 is 1.03 bits per heavy atom. The first-order valence-corrected chi connectivity index (χ1v) is 10.1. The van der Waals surface area contributed by atoms with Gasteiger partial charge in [0.25, 0.3) is 0 Å². The molecule has 1 heterocycles. The first-order valence-electron chi connectivity index (χ1n) is 9.68. The van der Waals surface area contributed by atoms with E-state index in [0.29, 0.717) is 29.6 Å². The Balaban J connectivity index is 1.49. The third-order valence-electron chi connectivity index (χ3n) is 4.65. The topological polar surface area (TPSA) is 72.8 Å². The van der Waals surface area contributed by atoms with Crippen LogP contribution in [-0.2, 0) is 6.42 Å². The van der Waals surface area contributed by atoms with Crippen LogP contribution in [0.2, 0.25) is 0 Å². The summed E-state index contributed by atoms with van der Waals surface area (Å²) in [7, 11) is 0. The lowest BCUT2D eigenvalue weighted by atomic mass is 10.0. The molecule has 1 aromatic heterocycles. The third-order valence-corrected chi connectivity index (χ3v) is 4.94. The number of aromatic nitrogens is 1. The summed E-state index contributed by atoms with van der Waals surface area (Å²) in [6.07, 6.45) is 0.923. The van der Waals surface area contributed by atoms with Gasteiger partial charge in [-0.2, -0.15) is 5.26 Å². The van der Waals surface area contributed by atoms with E-state index in [1.807, 2.05) is 37.3 Å². The fourth-order valence-corrected chi connectivity index (χ4v) is 3.44. The lowest BCUT2D eigenvalue weighted by Crippen LogP contribution is -2.38. The van der Waals surface area contributed by atoms with Crippen molar-refractivity contribution in [3.8, 4) is 6.07 Å². The molecule has 0 saturated carbocycles. The Labute approximate surface area is 177 Å². The number of aryl methyl sites for hydroxylation is 2. The second kappa shape index (κ2) is 9.85. The fraction of sp³-hybridized carbons (Fsp3) is 0.261. The number of rotatable bonds is 7. The molecule has 0 spiro atoms. The van der Waals surface area contributed by atoms with Crippen molar-refractivity contribution in [2.45, 2.75) is 20.3 Å². The van der Waals surface area contributed by atoms with Crippen LogP contribution in [0.1, 0.15) is 22.3 Å². The number of fused-ring (bicyclic) bond motifs is 1. The van der Waals surface area contributed by atoms with Crippen molar-refractivity contribution < 1.29 is 0 Å². The van der Waals surface area contributed by atoms with Crippen molar-refractivity contribution in [3.05, 3.63) is 70.8 Å². The second-order valence-corrected chi connectivity index (χ2v) is 7.40. The van der Waals surface area contributed by atoms with Crippen molar-refractivity contribution in [1.29, 1.82) is 5.26 Å². The molecule has 2 aromatic carbocycles. The highest BCUT2D eigenvalue weighted by Crippen LogP contribution is 2.24. The van der Waals surface area contributed by atoms with Gasteiger partial charge in [-0.3, -0.25) is 0 Å². The normalized spacial score (nSPS) is 10.4. The van der Waals surface area contributed by atoms with E-state index in [-0.39, 0.29) is 0 Å². The average Bonchev–Trinajstić information content (AvgIpc) is 2.71. The number of thiocarbonyl (C=S) groups is 1. The van der Waals surface area contributed by atoms with E-state index in [0.717, 1.165) is 35.0 Å². The van der Waals surface area contributed by atoms with Gasteiger partial charge in [0.1, 0.15) is 11.9 Å². The van der Waals surface area contributed by atoms with Gasteiger partial charge in [-0.1, -0.05) is 36.4 Å². The molecule has 148 valence electrons. The van der Waals surface area contributed by atoms with Gasteiger partial charge in [0, 0.05) is 25.0 Å². The van der Waals surface area contributed by atoms with Crippen molar-refractivity contribution >= 4 is 34.1 Å². The smallest absolute Gasteiger partial charge is 0.166 e. The largest absolute Gasteiger partial charge is 0.367 e. The monoisotopic (exact) mass is 403 g/mol. The van der Waals surface area contributed by atoms with Crippen LogP contribution < -0.4 is 16.0 Å². The molecule has 0 amide bonds. The van der Waals surface area contributed by atoms with E-state index in [9.17, 15) is 5.26 Å². The SMILES string of the molecule is Cc1cc(C)c2cc(C#N)c(NCCNC(=S)NCCc3ccccc3)nc2c1. The molecule has 0 fully saturated rings. The maximum Gasteiger partial charge on any atom is 0.166 e. The summed E-state index contributed by atoms with van der Waals surface area (Å²) in [6, 6.07) is 18.6. The molecule has 29 heavy (non-hydrogen) atoms. The number of benzene rings is 2. The Morgan fingerprint density at radius 3 is 2.55 bits per heavy atom. The summed E-state index contributed by atoms with van der Waals surface area (Å²) in [6.45, 7) is 6.12. The van der Waals surface area contributed by atoms with Crippen LogP contribution in [0, 0.1) is 25.2 Å². The number of hydrogen-bond acceptors (Lipinski definition) is 4. The summed E-state index contributed by atoms with van der Waals surface area (Å²) in [4.78, 5) is 4.66. The van der Waals surface area contributed by atoms with Crippen LogP contribution in [0.4, 0.5) is 5.82 Å². The van der Waals surface area contributed by atoms with Crippen molar-refractivity contribution in [2.75, 3.05) is 25.0 Å². The second-order valence-electron chi connectivity index (χ2n) is 6.99. The molecule has 0 aliphatic carbocycles. The summed E-state index contributed by atoms with van der Waals surface area (Å²) >= 11 is 5.32. The molecule has 0 aliphatic heterocycles. The van der Waals surface area contributed by atoms with Crippen LogP contribution in [-0.4, -0.2) is 29.7 Å². The lowest BCUT2D eigenvalue weighted by Gasteiger charge is -2.13. The van der Waals surface area contributed by atoms with E-state index in [2.05, 4.69) is 52.1 Å². The van der Waals surface area contributed by atoms with Crippen LogP contribution >= 0.6 is 12.2 Å². The van der Waals surface area contributed by atoms with Gasteiger partial charge in [-0.05, 0) is 61.3 Å². The van der Waals surface area contributed by atoms with E-state index < -0.39 is 0 Å². The van der Waals surface area contributed by atoms with Gasteiger partial charge in [-0.15, -0.1) is 0 Å². The van der Waals surface area contributed by atoms with Gasteiger partial charge < -0.3 is 16.0 Å². The number of pyridine rings is 1. The van der Waals surface area contributed by atoms with Crippen molar-refractivity contribution in [2.24, 2.45) is 0 Å². The summed E-state index contributed by atoms with van der Waals surface area (Å²) in [5, 5.41) is 20.8. The predicted octanol–water partition coefficient (Wildman–Crippen LogP) is 3.84. The molecular formula is C23H25N5S. The lowest BCUT2D eigenvalue weighted by molar-refractivity contribution is 0.816. The molecule has 3 N–H and O–H groups in total. The molecule has 0 bridgehead atoms. The minimum Gasteiger partial charge on any atom is -0.367 e. The highest BCUT2D eigenvalue weighted by molar-refractivity contribution is 7.80. The Morgan fingerprint density at radius 2 is 1.79 bits per heavy atom. The Kier molecular flexibility index (Phi) is 6.99. The Hall–Kier alpha value is -3.17. The molecule has 0 atom stereocenters. The van der Waals surface area contributed by atoms with E-state index in [1.165, 1.54) is 5.56 Å². The van der Waals surface area contributed by atoms with Crippen molar-refractivity contribution in [3.63, 3.8) is 0 Å². The van der Waals surface area contributed by atoms with E-state index in [1.54, 1.807) is 0 Å². The Bertz CT molecular complexity index is 1040. The quantitative estimate of drug-likeness (QED) is 0.411. The molecular weight excluding hydrogens is 378 g/mol. The molecule has 0 saturated heterocycles. The van der Waals surface area contributed by atoms with E-state index >= 15 is 0 Å². The maximum absolute atomic E-state index is 9.48. The standard InChI is InChI=1S/C23H25N5S/c1-16-12-17(2)20-14-19(15-24)22(28-21(20)13-16)25-10-11-27-23(29)26-9-8-18-6-4-3-5-7-18/h3-7,12-14H,8-11H2,1-2H3,(H,25,28)(H2,26,27,29). The first kappa shape index (κ1) is 20.6. The molecule has 0 radical (unpaired) electrons. The van der Waals surface area contributed by atoms with Crippen LogP contribution in [0.5, 0.6) is 0 Å². The molecule has 0 aliphatic rings. The van der Waals surface area contributed by atoms with Gasteiger partial charge in [-0.25, -0.2) is 4.98 Å². The number of nitrogens with one attached hydrogen (secondary N) is 3. The van der Waals surface area contributed by atoms with Crippen LogP contribution in [0.15, 0.2) is 48.5 Å². The summed E-state index contributed by atoms with van der Waals surface area (Å²) < 4.78 is 0. The van der Waals surface area contributed by atoms with Gasteiger partial charge in [0.05, 0.1) is 11.1 Å². The van der Waals surface area contributed by atoms with Crippen LogP contribution in [0.3, 0.4) is 0 Å². The zero-order chi connectivity index (χ0) is 20.6. The molecule has 3 aromatic rings. The molecule has 5 nitrogen and oxygen atoms in total. The average molecular weight is 404 g/mol. The number of nitriles is 1. The van der Waals surface area contributed by atoms with E-state index in [4.69, 9.17) is 12.2 Å². The minimum atomic E-state index is 0.549. The zero-order valence-electron chi connectivity index (χ0n) is 16.7. The third kappa shape index (κ3) is 5.66. The fourth-order valence-electron chi connectivity index (χ4n) is 3.23. The predicted molar refractivity (Wildman–Crippen MR) is 123 cm³/mol.